The van der Waals surface area contributed by atoms with E-state index in [-0.39, 0.29) is 0 Å². The Morgan fingerprint density at radius 2 is 1.89 bits per heavy atom. The average molecular weight is 259 g/mol. The molecule has 18 heavy (non-hydrogen) atoms. The molecule has 2 aromatic rings. The topological polar surface area (TPSA) is 38.0 Å². The normalized spacial score (nSPS) is 10.7. The van der Waals surface area contributed by atoms with Gasteiger partial charge < -0.3 is 11.1 Å². The number of halogens is 1. The molecule has 0 amide bonds. The van der Waals surface area contributed by atoms with E-state index in [2.05, 4.69) is 17.5 Å². The van der Waals surface area contributed by atoms with E-state index in [1.807, 2.05) is 48.5 Å². The van der Waals surface area contributed by atoms with Gasteiger partial charge in [-0.1, -0.05) is 42.0 Å². The van der Waals surface area contributed by atoms with Gasteiger partial charge in [0.1, 0.15) is 0 Å². The molecule has 0 aromatic heterocycles. The van der Waals surface area contributed by atoms with E-state index in [0.29, 0.717) is 0 Å². The van der Waals surface area contributed by atoms with Crippen LogP contribution in [0.3, 0.4) is 0 Å². The molecule has 0 aliphatic carbocycles. The summed E-state index contributed by atoms with van der Waals surface area (Å²) < 4.78 is 0. The van der Waals surface area contributed by atoms with Crippen molar-refractivity contribution in [1.82, 2.24) is 0 Å². The van der Waals surface area contributed by atoms with Crippen molar-refractivity contribution in [1.29, 1.82) is 0 Å². The van der Waals surface area contributed by atoms with Crippen LogP contribution in [0.2, 0.25) is 5.02 Å². The van der Waals surface area contributed by atoms with Crippen molar-refractivity contribution in [3.63, 3.8) is 0 Å². The van der Waals surface area contributed by atoms with E-state index in [4.69, 9.17) is 17.3 Å². The van der Waals surface area contributed by atoms with Crippen molar-refractivity contribution in [2.24, 2.45) is 0 Å². The number of hydrogen-bond acceptors (Lipinski definition) is 2. The Balaban J connectivity index is 1.87. The standard InChI is InChI=1S/C15H15ClN2/c16-13-8-6-12(7-9-13)3-2-10-18-15-5-1-4-14(17)11-15/h1-9,11,18H,10,17H2. The zero-order valence-electron chi connectivity index (χ0n) is 9.94. The molecule has 2 nitrogen and oxygen atoms in total. The molecule has 0 heterocycles. The summed E-state index contributed by atoms with van der Waals surface area (Å²) >= 11 is 5.82. The molecule has 0 saturated heterocycles. The summed E-state index contributed by atoms with van der Waals surface area (Å²) in [6.45, 7) is 0.756. The second-order valence-electron chi connectivity index (χ2n) is 3.96. The van der Waals surface area contributed by atoms with Gasteiger partial charge in [0.15, 0.2) is 0 Å². The zero-order valence-corrected chi connectivity index (χ0v) is 10.7. The maximum Gasteiger partial charge on any atom is 0.0406 e. The third-order valence-corrected chi connectivity index (χ3v) is 2.74. The molecule has 2 rings (SSSR count). The van der Waals surface area contributed by atoms with Crippen LogP contribution in [0.4, 0.5) is 11.4 Å². The first-order valence-electron chi connectivity index (χ1n) is 5.75. The molecule has 0 spiro atoms. The van der Waals surface area contributed by atoms with Crippen LogP contribution in [0.15, 0.2) is 54.6 Å². The minimum atomic E-state index is 0.755. The summed E-state index contributed by atoms with van der Waals surface area (Å²) in [4.78, 5) is 0. The molecule has 92 valence electrons. The molecule has 0 radical (unpaired) electrons. The molecule has 0 aliphatic rings. The summed E-state index contributed by atoms with van der Waals surface area (Å²) in [7, 11) is 0. The molecule has 0 fully saturated rings. The number of nitrogen functional groups attached to an aromatic ring is 1. The molecule has 0 unspecified atom stereocenters. The van der Waals surface area contributed by atoms with Crippen LogP contribution in [-0.4, -0.2) is 6.54 Å². The highest BCUT2D eigenvalue weighted by molar-refractivity contribution is 6.30. The lowest BCUT2D eigenvalue weighted by Crippen LogP contribution is -1.98. The molecule has 0 atom stereocenters. The highest BCUT2D eigenvalue weighted by atomic mass is 35.5. The average Bonchev–Trinajstić information content (AvgIpc) is 2.37. The predicted octanol–water partition coefficient (Wildman–Crippen LogP) is 4.05. The first-order chi connectivity index (χ1) is 8.74. The molecular formula is C15H15ClN2. The molecule has 3 heteroatoms. The second-order valence-corrected chi connectivity index (χ2v) is 4.40. The van der Waals surface area contributed by atoms with Gasteiger partial charge >= 0.3 is 0 Å². The van der Waals surface area contributed by atoms with Crippen LogP contribution in [0.25, 0.3) is 6.08 Å². The van der Waals surface area contributed by atoms with Gasteiger partial charge in [-0.05, 0) is 35.9 Å². The van der Waals surface area contributed by atoms with Crippen molar-refractivity contribution in [2.75, 3.05) is 17.6 Å². The predicted molar refractivity (Wildman–Crippen MR) is 79.8 cm³/mol. The van der Waals surface area contributed by atoms with E-state index in [9.17, 15) is 0 Å². The molecule has 0 bridgehead atoms. The SMILES string of the molecule is Nc1cccc(NCC=Cc2ccc(Cl)cc2)c1. The van der Waals surface area contributed by atoms with Gasteiger partial charge in [0.25, 0.3) is 0 Å². The van der Waals surface area contributed by atoms with Crippen LogP contribution in [0.5, 0.6) is 0 Å². The van der Waals surface area contributed by atoms with Gasteiger partial charge in [0.2, 0.25) is 0 Å². The highest BCUT2D eigenvalue weighted by Crippen LogP contribution is 2.12. The Labute approximate surface area is 112 Å². The Morgan fingerprint density at radius 3 is 2.61 bits per heavy atom. The first-order valence-corrected chi connectivity index (χ1v) is 6.13. The Hall–Kier alpha value is -1.93. The third kappa shape index (κ3) is 3.82. The number of hydrogen-bond donors (Lipinski definition) is 2. The lowest BCUT2D eigenvalue weighted by atomic mass is 10.2. The summed E-state index contributed by atoms with van der Waals surface area (Å²) in [5.74, 6) is 0. The van der Waals surface area contributed by atoms with Gasteiger partial charge in [0, 0.05) is 22.9 Å². The number of benzene rings is 2. The molecule has 0 saturated carbocycles. The van der Waals surface area contributed by atoms with Crippen molar-refractivity contribution < 1.29 is 0 Å². The van der Waals surface area contributed by atoms with Gasteiger partial charge in [-0.25, -0.2) is 0 Å². The Kier molecular flexibility index (Phi) is 4.26. The minimum Gasteiger partial charge on any atom is -0.399 e. The van der Waals surface area contributed by atoms with E-state index in [0.717, 1.165) is 28.5 Å². The molecular weight excluding hydrogens is 244 g/mol. The van der Waals surface area contributed by atoms with Crippen LogP contribution in [0, 0.1) is 0 Å². The maximum atomic E-state index is 5.82. The molecule has 3 N–H and O–H groups in total. The number of nitrogens with two attached hydrogens (primary N) is 1. The van der Waals surface area contributed by atoms with Crippen LogP contribution in [0.1, 0.15) is 5.56 Å². The fourth-order valence-corrected chi connectivity index (χ4v) is 1.72. The quantitative estimate of drug-likeness (QED) is 0.812. The van der Waals surface area contributed by atoms with Crippen LogP contribution >= 0.6 is 11.6 Å². The lowest BCUT2D eigenvalue weighted by Gasteiger charge is -2.03. The monoisotopic (exact) mass is 258 g/mol. The van der Waals surface area contributed by atoms with E-state index in [1.165, 1.54) is 0 Å². The number of anilines is 2. The van der Waals surface area contributed by atoms with Crippen molar-refractivity contribution in [2.45, 2.75) is 0 Å². The number of rotatable bonds is 4. The maximum absolute atomic E-state index is 5.82. The summed E-state index contributed by atoms with van der Waals surface area (Å²) in [6, 6.07) is 15.4. The third-order valence-electron chi connectivity index (χ3n) is 2.49. The van der Waals surface area contributed by atoms with Crippen LogP contribution < -0.4 is 11.1 Å². The smallest absolute Gasteiger partial charge is 0.0406 e. The fourth-order valence-electron chi connectivity index (χ4n) is 1.59. The first kappa shape index (κ1) is 12.5. The van der Waals surface area contributed by atoms with Crippen molar-refractivity contribution >= 4 is 29.1 Å². The zero-order chi connectivity index (χ0) is 12.8. The minimum absolute atomic E-state index is 0.755. The van der Waals surface area contributed by atoms with E-state index >= 15 is 0 Å². The van der Waals surface area contributed by atoms with Gasteiger partial charge in [0.05, 0.1) is 0 Å². The van der Waals surface area contributed by atoms with Gasteiger partial charge in [-0.15, -0.1) is 0 Å². The summed E-state index contributed by atoms with van der Waals surface area (Å²) in [5, 5.41) is 4.03. The Morgan fingerprint density at radius 1 is 1.11 bits per heavy atom. The van der Waals surface area contributed by atoms with Gasteiger partial charge in [-0.3, -0.25) is 0 Å². The second kappa shape index (κ2) is 6.12. The molecule has 0 aliphatic heterocycles. The largest absolute Gasteiger partial charge is 0.399 e. The van der Waals surface area contributed by atoms with E-state index < -0.39 is 0 Å². The van der Waals surface area contributed by atoms with E-state index in [1.54, 1.807) is 0 Å². The summed E-state index contributed by atoms with van der Waals surface area (Å²) in [5.41, 5.74) is 8.62. The van der Waals surface area contributed by atoms with Crippen molar-refractivity contribution in [3.8, 4) is 0 Å². The van der Waals surface area contributed by atoms with Gasteiger partial charge in [-0.2, -0.15) is 0 Å². The fraction of sp³-hybridized carbons (Fsp3) is 0.0667. The lowest BCUT2D eigenvalue weighted by molar-refractivity contribution is 1.34. The summed E-state index contributed by atoms with van der Waals surface area (Å²) in [6.07, 6.45) is 4.11. The highest BCUT2D eigenvalue weighted by Gasteiger charge is 1.90. The van der Waals surface area contributed by atoms with Crippen LogP contribution in [-0.2, 0) is 0 Å². The number of nitrogens with one attached hydrogen (secondary N) is 1. The van der Waals surface area contributed by atoms with Crippen molar-refractivity contribution in [3.05, 3.63) is 65.2 Å². The molecule has 2 aromatic carbocycles. The Bertz CT molecular complexity index is 532.